The van der Waals surface area contributed by atoms with Gasteiger partial charge in [-0.2, -0.15) is 5.26 Å². The number of nitrogens with one attached hydrogen (secondary N) is 1. The largest absolute Gasteiger partial charge is 0.379 e. The number of nitro groups is 1. The van der Waals surface area contributed by atoms with Crippen LogP contribution in [-0.4, -0.2) is 9.91 Å². The Morgan fingerprint density at radius 2 is 2.39 bits per heavy atom. The number of hydrogen-bond donors (Lipinski definition) is 1. The number of anilines is 1. The van der Waals surface area contributed by atoms with Crippen molar-refractivity contribution in [2.24, 2.45) is 0 Å². The minimum Gasteiger partial charge on any atom is -0.379 e. The van der Waals surface area contributed by atoms with E-state index in [1.54, 1.807) is 11.7 Å². The second kappa shape index (κ2) is 5.25. The van der Waals surface area contributed by atoms with E-state index in [-0.39, 0.29) is 11.3 Å². The SMILES string of the molecule is N#Cc1cc([N+](=O)[O-])ccc1NCc1cncs1. The van der Waals surface area contributed by atoms with Crippen LogP contribution >= 0.6 is 11.3 Å². The van der Waals surface area contributed by atoms with Gasteiger partial charge in [-0.05, 0) is 6.07 Å². The first-order chi connectivity index (χ1) is 8.70. The van der Waals surface area contributed by atoms with Gasteiger partial charge in [-0.1, -0.05) is 0 Å². The number of non-ortho nitro benzene ring substituents is 1. The Bertz CT molecular complexity index is 604. The lowest BCUT2D eigenvalue weighted by atomic mass is 10.1. The van der Waals surface area contributed by atoms with Gasteiger partial charge < -0.3 is 5.32 Å². The van der Waals surface area contributed by atoms with Gasteiger partial charge in [0.05, 0.1) is 28.2 Å². The molecule has 0 aliphatic carbocycles. The highest BCUT2D eigenvalue weighted by atomic mass is 32.1. The van der Waals surface area contributed by atoms with Crippen molar-refractivity contribution in [1.29, 1.82) is 5.26 Å². The Morgan fingerprint density at radius 1 is 1.56 bits per heavy atom. The molecule has 0 atom stereocenters. The highest BCUT2D eigenvalue weighted by molar-refractivity contribution is 7.09. The van der Waals surface area contributed by atoms with Crippen molar-refractivity contribution >= 4 is 22.7 Å². The molecule has 1 N–H and O–H groups in total. The molecule has 2 rings (SSSR count). The predicted octanol–water partition coefficient (Wildman–Crippen LogP) is 2.54. The molecule has 0 unspecified atom stereocenters. The summed E-state index contributed by atoms with van der Waals surface area (Å²) in [6, 6.07) is 6.11. The maximum atomic E-state index is 10.6. The Balaban J connectivity index is 2.18. The summed E-state index contributed by atoms with van der Waals surface area (Å²) in [4.78, 5) is 15.0. The molecule has 0 saturated carbocycles. The van der Waals surface area contributed by atoms with Crippen LogP contribution in [0.1, 0.15) is 10.4 Å². The van der Waals surface area contributed by atoms with Crippen LogP contribution in [0.25, 0.3) is 0 Å². The van der Waals surface area contributed by atoms with Gasteiger partial charge in [0.25, 0.3) is 5.69 Å². The van der Waals surface area contributed by atoms with E-state index in [0.717, 1.165) is 4.88 Å². The van der Waals surface area contributed by atoms with Crippen LogP contribution in [-0.2, 0) is 6.54 Å². The van der Waals surface area contributed by atoms with E-state index in [1.165, 1.54) is 29.5 Å². The Hall–Kier alpha value is -2.46. The van der Waals surface area contributed by atoms with E-state index in [4.69, 9.17) is 5.26 Å². The lowest BCUT2D eigenvalue weighted by molar-refractivity contribution is -0.384. The van der Waals surface area contributed by atoms with Gasteiger partial charge in [0.1, 0.15) is 6.07 Å². The summed E-state index contributed by atoms with van der Waals surface area (Å²) >= 11 is 1.50. The molecule has 2 aromatic rings. The van der Waals surface area contributed by atoms with Gasteiger partial charge in [-0.25, -0.2) is 0 Å². The molecule has 6 nitrogen and oxygen atoms in total. The molecule has 1 aromatic carbocycles. The Morgan fingerprint density at radius 3 is 3.00 bits per heavy atom. The van der Waals surface area contributed by atoms with E-state index in [9.17, 15) is 10.1 Å². The third-order valence-electron chi connectivity index (χ3n) is 2.27. The van der Waals surface area contributed by atoms with Crippen molar-refractivity contribution in [3.05, 3.63) is 50.5 Å². The summed E-state index contributed by atoms with van der Waals surface area (Å²) in [7, 11) is 0. The first-order valence-corrected chi connectivity index (χ1v) is 5.88. The van der Waals surface area contributed by atoms with Gasteiger partial charge in [-0.15, -0.1) is 11.3 Å². The molecule has 0 fully saturated rings. The van der Waals surface area contributed by atoms with Crippen LogP contribution in [0.2, 0.25) is 0 Å². The zero-order valence-corrected chi connectivity index (χ0v) is 9.98. The van der Waals surface area contributed by atoms with Crippen LogP contribution in [0.5, 0.6) is 0 Å². The number of hydrogen-bond acceptors (Lipinski definition) is 6. The summed E-state index contributed by atoms with van der Waals surface area (Å²) in [5.74, 6) is 0. The van der Waals surface area contributed by atoms with Crippen LogP contribution in [0.15, 0.2) is 29.9 Å². The average Bonchev–Trinajstić information content (AvgIpc) is 2.89. The zero-order chi connectivity index (χ0) is 13.0. The molecule has 0 aliphatic heterocycles. The van der Waals surface area contributed by atoms with Gasteiger partial charge in [0.2, 0.25) is 0 Å². The molecule has 0 radical (unpaired) electrons. The molecule has 18 heavy (non-hydrogen) atoms. The summed E-state index contributed by atoms with van der Waals surface area (Å²) in [6.07, 6.45) is 1.73. The maximum absolute atomic E-state index is 10.6. The molecule has 0 spiro atoms. The van der Waals surface area contributed by atoms with E-state index >= 15 is 0 Å². The van der Waals surface area contributed by atoms with Crippen LogP contribution in [0.4, 0.5) is 11.4 Å². The first kappa shape index (κ1) is 12.0. The molecule has 1 heterocycles. The molecule has 1 aromatic heterocycles. The van der Waals surface area contributed by atoms with E-state index in [1.807, 2.05) is 6.07 Å². The first-order valence-electron chi connectivity index (χ1n) is 5.00. The number of nitriles is 1. The summed E-state index contributed by atoms with van der Waals surface area (Å²) in [5.41, 5.74) is 2.47. The fourth-order valence-electron chi connectivity index (χ4n) is 1.40. The quantitative estimate of drug-likeness (QED) is 0.673. The summed E-state index contributed by atoms with van der Waals surface area (Å²) in [5, 5.41) is 22.6. The fraction of sp³-hybridized carbons (Fsp3) is 0.0909. The number of nitro benzene ring substituents is 1. The summed E-state index contributed by atoms with van der Waals surface area (Å²) < 4.78 is 0. The predicted molar refractivity (Wildman–Crippen MR) is 67.3 cm³/mol. The van der Waals surface area contributed by atoms with Crippen LogP contribution in [0.3, 0.4) is 0 Å². The normalized spacial score (nSPS) is 9.72. The maximum Gasteiger partial charge on any atom is 0.270 e. The Kier molecular flexibility index (Phi) is 3.50. The standard InChI is InChI=1S/C11H8N4O2S/c12-4-8-3-9(15(16)17)1-2-11(8)14-6-10-5-13-7-18-10/h1-3,5,7,14H,6H2. The third-order valence-corrected chi connectivity index (χ3v) is 3.05. The fourth-order valence-corrected chi connectivity index (χ4v) is 1.94. The van der Waals surface area contributed by atoms with Crippen molar-refractivity contribution in [3.8, 4) is 6.07 Å². The highest BCUT2D eigenvalue weighted by Gasteiger charge is 2.10. The number of nitrogens with zero attached hydrogens (tertiary/aromatic N) is 3. The van der Waals surface area contributed by atoms with E-state index in [0.29, 0.717) is 12.2 Å². The average molecular weight is 260 g/mol. The van der Waals surface area contributed by atoms with Gasteiger partial charge >= 0.3 is 0 Å². The second-order valence-electron chi connectivity index (χ2n) is 3.42. The van der Waals surface area contributed by atoms with Crippen molar-refractivity contribution < 1.29 is 4.92 Å². The zero-order valence-electron chi connectivity index (χ0n) is 9.16. The molecule has 90 valence electrons. The van der Waals surface area contributed by atoms with Crippen LogP contribution < -0.4 is 5.32 Å². The minimum atomic E-state index is -0.520. The minimum absolute atomic E-state index is 0.0881. The molecular formula is C11H8N4O2S. The monoisotopic (exact) mass is 260 g/mol. The molecule has 0 aliphatic rings. The smallest absolute Gasteiger partial charge is 0.270 e. The van der Waals surface area contributed by atoms with Crippen molar-refractivity contribution in [1.82, 2.24) is 4.98 Å². The molecular weight excluding hydrogens is 252 g/mol. The number of benzene rings is 1. The van der Waals surface area contributed by atoms with Crippen molar-refractivity contribution in [2.75, 3.05) is 5.32 Å². The molecule has 7 heteroatoms. The number of thiazole rings is 1. The molecule has 0 saturated heterocycles. The molecule has 0 amide bonds. The van der Waals surface area contributed by atoms with Crippen LogP contribution in [0, 0.1) is 21.4 Å². The number of rotatable bonds is 4. The van der Waals surface area contributed by atoms with Gasteiger partial charge in [0.15, 0.2) is 0 Å². The summed E-state index contributed by atoms with van der Waals surface area (Å²) in [6.45, 7) is 0.539. The van der Waals surface area contributed by atoms with Gasteiger partial charge in [-0.3, -0.25) is 15.1 Å². The molecule has 0 bridgehead atoms. The van der Waals surface area contributed by atoms with E-state index in [2.05, 4.69) is 10.3 Å². The topological polar surface area (TPSA) is 91.8 Å². The Labute approximate surface area is 107 Å². The lowest BCUT2D eigenvalue weighted by Crippen LogP contribution is -2.00. The van der Waals surface area contributed by atoms with Crippen molar-refractivity contribution in [2.45, 2.75) is 6.54 Å². The number of aromatic nitrogens is 1. The second-order valence-corrected chi connectivity index (χ2v) is 4.39. The van der Waals surface area contributed by atoms with Crippen molar-refractivity contribution in [3.63, 3.8) is 0 Å². The lowest BCUT2D eigenvalue weighted by Gasteiger charge is -2.06. The highest BCUT2D eigenvalue weighted by Crippen LogP contribution is 2.22. The van der Waals surface area contributed by atoms with Gasteiger partial charge in [0, 0.05) is 23.2 Å². The third kappa shape index (κ3) is 2.61. The van der Waals surface area contributed by atoms with E-state index < -0.39 is 4.92 Å².